The summed E-state index contributed by atoms with van der Waals surface area (Å²) in [7, 11) is 0. The summed E-state index contributed by atoms with van der Waals surface area (Å²) in [6, 6.07) is 8.79. The Morgan fingerprint density at radius 3 is 1.55 bits per heavy atom. The molecule has 0 unspecified atom stereocenters. The van der Waals surface area contributed by atoms with Crippen molar-refractivity contribution in [3.05, 3.63) is 80.4 Å². The van der Waals surface area contributed by atoms with E-state index < -0.39 is 0 Å². The maximum absolute atomic E-state index is 13.5. The van der Waals surface area contributed by atoms with E-state index in [1.807, 2.05) is 0 Å². The second-order valence-electron chi connectivity index (χ2n) is 18.4. The number of H-pyrrole nitrogens is 3. The Labute approximate surface area is 409 Å². The lowest BCUT2D eigenvalue weighted by molar-refractivity contribution is -0.121. The fraction of sp³-hybridized carbons (Fsp3) is 0.519. The van der Waals surface area contributed by atoms with Gasteiger partial charge in [0.1, 0.15) is 0 Å². The second kappa shape index (κ2) is 24.9. The van der Waals surface area contributed by atoms with Crippen molar-refractivity contribution in [3.63, 3.8) is 0 Å². The van der Waals surface area contributed by atoms with E-state index in [0.717, 1.165) is 136 Å². The molecule has 69 heavy (non-hydrogen) atoms. The molecule has 4 aromatic heterocycles. The quantitative estimate of drug-likeness (QED) is 0.0379. The molecule has 0 saturated carbocycles. The maximum atomic E-state index is 13.5. The Morgan fingerprint density at radius 2 is 1.00 bits per heavy atom. The number of nitrogens with zero attached hydrogens (tertiary/aromatic N) is 4. The highest BCUT2D eigenvalue weighted by Crippen LogP contribution is 2.39. The van der Waals surface area contributed by atoms with Crippen LogP contribution < -0.4 is 33.6 Å². The number of aromatic amines is 3. The number of carbonyl (C=O) groups is 2. The van der Waals surface area contributed by atoms with Gasteiger partial charge < -0.3 is 48.5 Å². The van der Waals surface area contributed by atoms with E-state index in [0.29, 0.717) is 78.0 Å². The van der Waals surface area contributed by atoms with E-state index in [9.17, 15) is 9.59 Å². The molecule has 15 nitrogen and oxygen atoms in total. The number of fused-ring (bicyclic) bond motifs is 11. The summed E-state index contributed by atoms with van der Waals surface area (Å²) < 4.78 is 0. The first-order valence-corrected chi connectivity index (χ1v) is 25.5. The molecular formula is C54H81N13O2. The van der Waals surface area contributed by atoms with Gasteiger partial charge in [0.05, 0.1) is 28.3 Å². The molecule has 4 aromatic rings. The van der Waals surface area contributed by atoms with Gasteiger partial charge >= 0.3 is 0 Å². The number of hydrogen-bond donors (Lipinski definition) is 9. The van der Waals surface area contributed by atoms with E-state index in [4.69, 9.17) is 32.9 Å². The van der Waals surface area contributed by atoms with Gasteiger partial charge in [0.2, 0.25) is 11.8 Å². The van der Waals surface area contributed by atoms with E-state index in [-0.39, 0.29) is 11.8 Å². The number of amides is 2. The van der Waals surface area contributed by atoms with Gasteiger partial charge in [-0.25, -0.2) is 9.97 Å². The lowest BCUT2D eigenvalue weighted by atomic mass is 9.99. The number of nitrogens with one attached hydrogen (secondary N) is 5. The molecule has 10 bridgehead atoms. The molecular weight excluding hydrogens is 863 g/mol. The molecule has 15 heteroatoms. The zero-order chi connectivity index (χ0) is 49.8. The van der Waals surface area contributed by atoms with Gasteiger partial charge in [-0.2, -0.15) is 0 Å². The van der Waals surface area contributed by atoms with Crippen LogP contribution in [0.4, 0.5) is 0 Å². The van der Waals surface area contributed by atoms with E-state index in [2.05, 4.69) is 115 Å². The summed E-state index contributed by atoms with van der Waals surface area (Å²) in [6.07, 6.45) is 5.06. The van der Waals surface area contributed by atoms with Crippen molar-refractivity contribution in [1.82, 2.24) is 45.4 Å². The molecule has 0 saturated heterocycles. The highest BCUT2D eigenvalue weighted by molar-refractivity contribution is 5.99. The summed E-state index contributed by atoms with van der Waals surface area (Å²) in [4.78, 5) is 53.5. The molecule has 2 aliphatic heterocycles. The Morgan fingerprint density at radius 1 is 0.507 bits per heavy atom. The number of nitrogens with two attached hydrogens (primary N) is 4. The summed E-state index contributed by atoms with van der Waals surface area (Å²) in [5, 5.41) is 6.28. The van der Waals surface area contributed by atoms with Gasteiger partial charge in [-0.1, -0.05) is 27.7 Å². The molecule has 0 spiro atoms. The minimum absolute atomic E-state index is 0.00516. The standard InChI is InChI=1S/C54H81N13O2/c1-9-37-35(7)53-54-36(8)38(10-2)46(65-54)30-44-34(6)42(14-16-52(69)60-22-28-67(25-19-57)26-20-58)50(62-44)32-48-40(12-4)39(11-3)47(63-48)31-49-41(33(5)43(61-49)29-45(37)64-53)13-15-51(68)59-21-27-66(23-17-55)24-18-56/h29-32,61,63-64H,9-28,55-58H2,1-8H3,(H,59,68)(H,60,69). The van der Waals surface area contributed by atoms with Crippen molar-refractivity contribution in [3.8, 4) is 0 Å². The highest BCUT2D eigenvalue weighted by Gasteiger charge is 2.24. The van der Waals surface area contributed by atoms with Crippen LogP contribution in [-0.4, -0.2) is 125 Å². The maximum Gasteiger partial charge on any atom is 0.220 e. The van der Waals surface area contributed by atoms with Crippen LogP contribution in [0.15, 0.2) is 24.3 Å². The third kappa shape index (κ3) is 12.3. The highest BCUT2D eigenvalue weighted by atomic mass is 16.2. The van der Waals surface area contributed by atoms with Gasteiger partial charge in [0.15, 0.2) is 0 Å². The van der Waals surface area contributed by atoms with Crippen molar-refractivity contribution in [2.24, 2.45) is 22.9 Å². The Hall–Kier alpha value is -5.42. The fourth-order valence-corrected chi connectivity index (χ4v) is 10.4. The molecule has 0 aromatic carbocycles. The van der Waals surface area contributed by atoms with Crippen LogP contribution in [-0.2, 0) is 35.3 Å². The van der Waals surface area contributed by atoms with Crippen molar-refractivity contribution in [1.29, 1.82) is 0 Å². The molecule has 0 atom stereocenters. The van der Waals surface area contributed by atoms with Gasteiger partial charge in [0.25, 0.3) is 0 Å². The van der Waals surface area contributed by atoms with E-state index >= 15 is 0 Å². The molecule has 0 radical (unpaired) electrons. The van der Waals surface area contributed by atoms with Gasteiger partial charge in [0, 0.05) is 119 Å². The largest absolute Gasteiger partial charge is 0.355 e. The Balaban J connectivity index is 1.53. The monoisotopic (exact) mass is 944 g/mol. The summed E-state index contributed by atoms with van der Waals surface area (Å²) in [5.41, 5.74) is 44.5. The minimum atomic E-state index is -0.00516. The van der Waals surface area contributed by atoms with Crippen LogP contribution in [0.25, 0.3) is 55.4 Å². The van der Waals surface area contributed by atoms with Crippen molar-refractivity contribution >= 4 is 67.2 Å². The molecule has 6 rings (SSSR count). The van der Waals surface area contributed by atoms with E-state index in [1.165, 1.54) is 27.8 Å². The number of hydrogen-bond acceptors (Lipinski definition) is 10. The smallest absolute Gasteiger partial charge is 0.220 e. The zero-order valence-corrected chi connectivity index (χ0v) is 42.9. The first kappa shape index (κ1) is 52.9. The average molecular weight is 944 g/mol. The minimum Gasteiger partial charge on any atom is -0.355 e. The van der Waals surface area contributed by atoms with E-state index in [1.54, 1.807) is 0 Å². The van der Waals surface area contributed by atoms with Crippen LogP contribution in [0.3, 0.4) is 0 Å². The van der Waals surface area contributed by atoms with Crippen molar-refractivity contribution in [2.45, 2.75) is 107 Å². The third-order valence-electron chi connectivity index (χ3n) is 14.2. The van der Waals surface area contributed by atoms with Crippen LogP contribution in [0.1, 0.15) is 123 Å². The fourth-order valence-electron chi connectivity index (χ4n) is 10.4. The van der Waals surface area contributed by atoms with Crippen LogP contribution in [0, 0.1) is 13.8 Å². The first-order chi connectivity index (χ1) is 33.3. The molecule has 2 amide bonds. The predicted molar refractivity (Wildman–Crippen MR) is 287 cm³/mol. The molecule has 13 N–H and O–H groups in total. The second-order valence-corrected chi connectivity index (χ2v) is 18.4. The Kier molecular flexibility index (Phi) is 19.1. The molecule has 374 valence electrons. The summed E-state index contributed by atoms with van der Waals surface area (Å²) >= 11 is 0. The summed E-state index contributed by atoms with van der Waals surface area (Å²) in [5.74, 6) is 0.00279. The van der Waals surface area contributed by atoms with Crippen LogP contribution in [0.2, 0.25) is 0 Å². The SMILES string of the molecule is CCC1=C(C)c2nc1cc1nc(cc3[nH]c(cc4[nH]c(cc5[nH]c2c(C)c5CC)c(C)c4CCC(=O)NCCN(CCN)CCN)c(CC)c3CC)C(CCC(=O)NCCN(CCN)CCN)=C1C. The topological polar surface area (TPSA) is 242 Å². The number of carbonyl (C=O) groups excluding carboxylic acids is 2. The third-order valence-corrected chi connectivity index (χ3v) is 14.2. The first-order valence-electron chi connectivity index (χ1n) is 25.5. The van der Waals surface area contributed by atoms with Gasteiger partial charge in [-0.05, 0) is 146 Å². The van der Waals surface area contributed by atoms with Crippen LogP contribution in [0.5, 0.6) is 0 Å². The molecule has 0 aliphatic carbocycles. The molecule has 2 aliphatic rings. The van der Waals surface area contributed by atoms with Crippen molar-refractivity contribution < 1.29 is 9.59 Å². The average Bonchev–Trinajstić information content (AvgIpc) is 4.08. The number of aromatic nitrogens is 5. The number of aryl methyl sites for hydroxylation is 6. The summed E-state index contributed by atoms with van der Waals surface area (Å²) in [6.45, 7) is 25.0. The normalized spacial score (nSPS) is 12.9. The zero-order valence-electron chi connectivity index (χ0n) is 42.9. The van der Waals surface area contributed by atoms with Crippen LogP contribution >= 0.6 is 0 Å². The lowest BCUT2D eigenvalue weighted by Crippen LogP contribution is -2.39. The molecule has 0 fully saturated rings. The van der Waals surface area contributed by atoms with Gasteiger partial charge in [-0.3, -0.25) is 19.4 Å². The Bertz CT molecular complexity index is 2720. The van der Waals surface area contributed by atoms with Gasteiger partial charge in [-0.15, -0.1) is 0 Å². The number of rotatable bonds is 24. The molecule has 6 heterocycles. The number of allylic oxidation sites excluding steroid dienone is 4. The predicted octanol–water partition coefficient (Wildman–Crippen LogP) is 6.32. The van der Waals surface area contributed by atoms with Crippen molar-refractivity contribution in [2.75, 3.05) is 78.5 Å². The lowest BCUT2D eigenvalue weighted by Gasteiger charge is -2.20.